The first-order valence-corrected chi connectivity index (χ1v) is 22.5. The summed E-state index contributed by atoms with van der Waals surface area (Å²) >= 11 is 0. The molecule has 1 rings (SSSR count). The van der Waals surface area contributed by atoms with E-state index in [4.69, 9.17) is 85.6 Å². The minimum atomic E-state index is 0.00407. The summed E-state index contributed by atoms with van der Waals surface area (Å²) in [5.74, 6) is 1.74. The second-order valence-corrected chi connectivity index (χ2v) is 13.2. The number of rotatable bonds is 53. The van der Waals surface area contributed by atoms with Gasteiger partial charge in [-0.3, -0.25) is 0 Å². The molecule has 18 heteroatoms. The molecule has 0 saturated heterocycles. The molecule has 0 aliphatic carbocycles. The van der Waals surface area contributed by atoms with E-state index in [1.165, 1.54) is 0 Å². The van der Waals surface area contributed by atoms with Crippen molar-refractivity contribution in [3.05, 3.63) is 18.2 Å². The Bertz CT molecular complexity index is 954. The molecule has 1 aromatic carbocycles. The molecule has 1 N–H and O–H groups in total. The van der Waals surface area contributed by atoms with Crippen molar-refractivity contribution in [1.29, 1.82) is 0 Å². The van der Waals surface area contributed by atoms with Crippen LogP contribution in [0, 0.1) is 0 Å². The fraction of sp³-hybridized carbons (Fsp3) is 0.864. The van der Waals surface area contributed by atoms with Crippen molar-refractivity contribution in [3.63, 3.8) is 0 Å². The SMILES string of the molecule is CCCCOCCOCCOCCOCCOCCOc1cc(OCCOCCOCCOCCOCCO)cc(OCCOCCOCCOCCOCCOCCCC)c1. The number of hydrogen-bond donors (Lipinski definition) is 1. The molecule has 18 nitrogen and oxygen atoms in total. The van der Waals surface area contributed by atoms with Gasteiger partial charge in [-0.25, -0.2) is 0 Å². The molecule has 0 aliphatic heterocycles. The zero-order valence-corrected chi connectivity index (χ0v) is 38.1. The van der Waals surface area contributed by atoms with Crippen molar-refractivity contribution in [1.82, 2.24) is 0 Å². The van der Waals surface area contributed by atoms with Crippen molar-refractivity contribution < 1.29 is 85.6 Å². The van der Waals surface area contributed by atoms with Crippen molar-refractivity contribution in [2.24, 2.45) is 0 Å². The Morgan fingerprint density at radius 2 is 0.435 bits per heavy atom. The molecule has 0 amide bonds. The van der Waals surface area contributed by atoms with Crippen LogP contribution in [-0.2, 0) is 66.3 Å². The Labute approximate surface area is 371 Å². The molecule has 0 saturated carbocycles. The van der Waals surface area contributed by atoms with Gasteiger partial charge < -0.3 is 85.6 Å². The predicted molar refractivity (Wildman–Crippen MR) is 231 cm³/mol. The minimum absolute atomic E-state index is 0.00407. The highest BCUT2D eigenvalue weighted by molar-refractivity contribution is 5.42. The van der Waals surface area contributed by atoms with Gasteiger partial charge in [0, 0.05) is 31.4 Å². The van der Waals surface area contributed by atoms with Crippen LogP contribution in [0.3, 0.4) is 0 Å². The Morgan fingerprint density at radius 1 is 0.258 bits per heavy atom. The van der Waals surface area contributed by atoms with E-state index < -0.39 is 0 Å². The molecule has 0 fully saturated rings. The first-order valence-electron chi connectivity index (χ1n) is 22.5. The third-order valence-electron chi connectivity index (χ3n) is 7.95. The third kappa shape index (κ3) is 43.3. The highest BCUT2D eigenvalue weighted by Crippen LogP contribution is 2.28. The van der Waals surface area contributed by atoms with E-state index in [0.29, 0.717) is 209 Å². The molecular weight excluding hydrogens is 816 g/mol. The number of aliphatic hydroxyl groups is 1. The molecule has 0 unspecified atom stereocenters. The zero-order chi connectivity index (χ0) is 44.3. The van der Waals surface area contributed by atoms with Crippen LogP contribution >= 0.6 is 0 Å². The first-order chi connectivity index (χ1) is 30.8. The normalized spacial score (nSPS) is 11.5. The van der Waals surface area contributed by atoms with Crippen LogP contribution in [0.15, 0.2) is 18.2 Å². The van der Waals surface area contributed by atoms with Gasteiger partial charge in [-0.05, 0) is 12.8 Å². The lowest BCUT2D eigenvalue weighted by Crippen LogP contribution is -2.15. The highest BCUT2D eigenvalue weighted by Gasteiger charge is 2.06. The fourth-order valence-electron chi connectivity index (χ4n) is 4.73. The second-order valence-electron chi connectivity index (χ2n) is 13.2. The maximum Gasteiger partial charge on any atom is 0.126 e. The van der Waals surface area contributed by atoms with Crippen LogP contribution in [-0.4, -0.2) is 217 Å². The summed E-state index contributed by atoms with van der Waals surface area (Å²) in [4.78, 5) is 0. The van der Waals surface area contributed by atoms with E-state index in [2.05, 4.69) is 13.8 Å². The molecular formula is C44H82O18. The number of ether oxygens (including phenoxy) is 17. The largest absolute Gasteiger partial charge is 0.491 e. The first kappa shape index (κ1) is 58.0. The predicted octanol–water partition coefficient (Wildman–Crippen LogP) is 3.65. The molecule has 62 heavy (non-hydrogen) atoms. The summed E-state index contributed by atoms with van der Waals surface area (Å²) in [6, 6.07) is 5.41. The smallest absolute Gasteiger partial charge is 0.126 e. The maximum atomic E-state index is 8.70. The van der Waals surface area contributed by atoms with Gasteiger partial charge in [0.15, 0.2) is 0 Å². The molecule has 0 aliphatic rings. The van der Waals surface area contributed by atoms with Gasteiger partial charge in [0.1, 0.15) is 37.1 Å². The summed E-state index contributed by atoms with van der Waals surface area (Å²) < 4.78 is 95.0. The number of unbranched alkanes of at least 4 members (excludes halogenated alkanes) is 2. The molecule has 0 heterocycles. The van der Waals surface area contributed by atoms with E-state index in [-0.39, 0.29) is 6.61 Å². The lowest BCUT2D eigenvalue weighted by Gasteiger charge is -2.14. The maximum absolute atomic E-state index is 8.70. The second kappa shape index (κ2) is 50.0. The summed E-state index contributed by atoms with van der Waals surface area (Å²) in [6.07, 6.45) is 4.41. The fourth-order valence-corrected chi connectivity index (χ4v) is 4.73. The van der Waals surface area contributed by atoms with Crippen LogP contribution in [0.5, 0.6) is 17.2 Å². The molecule has 0 aromatic heterocycles. The average Bonchev–Trinajstić information content (AvgIpc) is 3.28. The van der Waals surface area contributed by atoms with Crippen LogP contribution < -0.4 is 14.2 Å². The lowest BCUT2D eigenvalue weighted by molar-refractivity contribution is -0.0129. The number of aliphatic hydroxyl groups excluding tert-OH is 1. The van der Waals surface area contributed by atoms with Gasteiger partial charge in [-0.15, -0.1) is 0 Å². The van der Waals surface area contributed by atoms with E-state index in [9.17, 15) is 0 Å². The van der Waals surface area contributed by atoms with Gasteiger partial charge in [-0.2, -0.15) is 0 Å². The van der Waals surface area contributed by atoms with E-state index >= 15 is 0 Å². The van der Waals surface area contributed by atoms with Gasteiger partial charge >= 0.3 is 0 Å². The monoisotopic (exact) mass is 899 g/mol. The molecule has 1 aromatic rings. The topological polar surface area (TPSA) is 177 Å². The highest BCUT2D eigenvalue weighted by atomic mass is 16.6. The number of hydrogen-bond acceptors (Lipinski definition) is 18. The van der Waals surface area contributed by atoms with Gasteiger partial charge in [-0.1, -0.05) is 26.7 Å². The van der Waals surface area contributed by atoms with Crippen molar-refractivity contribution in [2.45, 2.75) is 39.5 Å². The van der Waals surface area contributed by atoms with E-state index in [1.54, 1.807) is 18.2 Å². The molecule has 366 valence electrons. The summed E-state index contributed by atoms with van der Waals surface area (Å²) in [6.45, 7) is 19.2. The lowest BCUT2D eigenvalue weighted by atomic mass is 10.3. The zero-order valence-electron chi connectivity index (χ0n) is 38.1. The van der Waals surface area contributed by atoms with E-state index in [0.717, 1.165) is 38.9 Å². The average molecular weight is 899 g/mol. The van der Waals surface area contributed by atoms with Crippen LogP contribution in [0.25, 0.3) is 0 Å². The van der Waals surface area contributed by atoms with E-state index in [1.807, 2.05) is 0 Å². The van der Waals surface area contributed by atoms with Crippen molar-refractivity contribution >= 4 is 0 Å². The van der Waals surface area contributed by atoms with Crippen LogP contribution in [0.1, 0.15) is 39.5 Å². The van der Waals surface area contributed by atoms with Crippen LogP contribution in [0.2, 0.25) is 0 Å². The van der Waals surface area contributed by atoms with Gasteiger partial charge in [0.2, 0.25) is 0 Å². The standard InChI is InChI=1S/C44H82O18/c1-3-5-8-46-11-14-49-17-20-52-23-25-55-28-31-58-34-37-61-43-39-42(60-36-33-57-30-27-54-22-19-51-16-13-48-10-7-45)40-44(41-43)62-38-35-59-32-29-56-26-24-53-21-18-50-15-12-47-9-6-4-2/h39-41,45H,3-38H2,1-2H3. The summed E-state index contributed by atoms with van der Waals surface area (Å²) in [5.41, 5.74) is 0. The Kier molecular flexibility index (Phi) is 46.8. The number of benzene rings is 1. The van der Waals surface area contributed by atoms with Crippen LogP contribution in [0.4, 0.5) is 0 Å². The van der Waals surface area contributed by atoms with Gasteiger partial charge in [0.05, 0.1) is 178 Å². The quantitative estimate of drug-likeness (QED) is 0.0937. The molecule has 0 bridgehead atoms. The Balaban J connectivity index is 2.24. The Morgan fingerprint density at radius 3 is 0.629 bits per heavy atom. The third-order valence-corrected chi connectivity index (χ3v) is 7.95. The molecule has 0 spiro atoms. The Hall–Kier alpha value is -1.98. The van der Waals surface area contributed by atoms with Crippen molar-refractivity contribution in [3.8, 4) is 17.2 Å². The van der Waals surface area contributed by atoms with Crippen molar-refractivity contribution in [2.75, 3.05) is 211 Å². The molecule has 0 radical (unpaired) electrons. The minimum Gasteiger partial charge on any atom is -0.491 e. The molecule has 0 atom stereocenters. The summed E-state index contributed by atoms with van der Waals surface area (Å²) in [7, 11) is 0. The van der Waals surface area contributed by atoms with Gasteiger partial charge in [0.25, 0.3) is 0 Å². The summed E-state index contributed by atoms with van der Waals surface area (Å²) in [5, 5.41) is 8.70.